The molecule has 1 amide bonds. The Morgan fingerprint density at radius 3 is 2.59 bits per heavy atom. The highest BCUT2D eigenvalue weighted by molar-refractivity contribution is 7.14. The average molecular weight is 321 g/mol. The van der Waals surface area contributed by atoms with Crippen LogP contribution >= 0.6 is 11.3 Å². The molecule has 0 aliphatic rings. The lowest BCUT2D eigenvalue weighted by molar-refractivity contribution is 0.0939. The van der Waals surface area contributed by atoms with Crippen molar-refractivity contribution < 1.29 is 14.3 Å². The first-order valence-electron chi connectivity index (χ1n) is 6.79. The van der Waals surface area contributed by atoms with Crippen molar-refractivity contribution in [3.63, 3.8) is 0 Å². The van der Waals surface area contributed by atoms with Crippen LogP contribution in [0.15, 0.2) is 23.6 Å². The lowest BCUT2D eigenvalue weighted by Gasteiger charge is -2.09. The summed E-state index contributed by atoms with van der Waals surface area (Å²) in [5.74, 6) is 1.11. The van der Waals surface area contributed by atoms with Crippen molar-refractivity contribution in [2.45, 2.75) is 19.9 Å². The van der Waals surface area contributed by atoms with Gasteiger partial charge < -0.3 is 20.1 Å². The van der Waals surface area contributed by atoms with Crippen LogP contribution in [0, 0.1) is 0 Å². The van der Waals surface area contributed by atoms with Gasteiger partial charge in [0.2, 0.25) is 0 Å². The zero-order valence-electron chi connectivity index (χ0n) is 13.0. The van der Waals surface area contributed by atoms with Gasteiger partial charge in [-0.15, -0.1) is 11.3 Å². The molecule has 0 spiro atoms. The van der Waals surface area contributed by atoms with Gasteiger partial charge in [-0.05, 0) is 26.0 Å². The summed E-state index contributed by atoms with van der Waals surface area (Å²) >= 11 is 1.37. The predicted octanol–water partition coefficient (Wildman–Crippen LogP) is 3.04. The molecule has 6 nitrogen and oxygen atoms in total. The molecule has 1 aromatic heterocycles. The van der Waals surface area contributed by atoms with Gasteiger partial charge in [0.1, 0.15) is 5.69 Å². The largest absolute Gasteiger partial charge is 0.493 e. The zero-order chi connectivity index (χ0) is 16.1. The minimum absolute atomic E-state index is 0.0801. The minimum atomic E-state index is -0.174. The van der Waals surface area contributed by atoms with Crippen molar-refractivity contribution in [3.8, 4) is 11.5 Å². The van der Waals surface area contributed by atoms with E-state index in [9.17, 15) is 4.79 Å². The molecule has 0 atom stereocenters. The summed E-state index contributed by atoms with van der Waals surface area (Å²) in [6, 6.07) is 5.56. The minimum Gasteiger partial charge on any atom is -0.493 e. The van der Waals surface area contributed by atoms with Crippen LogP contribution < -0.4 is 20.1 Å². The Balaban J connectivity index is 2.11. The number of benzene rings is 1. The van der Waals surface area contributed by atoms with E-state index in [0.717, 1.165) is 5.69 Å². The lowest BCUT2D eigenvalue weighted by atomic mass is 10.3. The molecule has 0 bridgehead atoms. The van der Waals surface area contributed by atoms with Crippen molar-refractivity contribution in [2.75, 3.05) is 19.5 Å². The zero-order valence-corrected chi connectivity index (χ0v) is 13.8. The standard InChI is InChI=1S/C15H19N3O3S/c1-9(2)16-14(19)11-8-22-15(18-11)17-10-5-6-12(20-3)13(7-10)21-4/h5-9H,1-4H3,(H,16,19)(H,17,18). The second-order valence-electron chi connectivity index (χ2n) is 4.86. The summed E-state index contributed by atoms with van der Waals surface area (Å²) in [4.78, 5) is 16.2. The van der Waals surface area contributed by atoms with E-state index in [-0.39, 0.29) is 11.9 Å². The topological polar surface area (TPSA) is 72.5 Å². The van der Waals surface area contributed by atoms with Crippen LogP contribution in [0.3, 0.4) is 0 Å². The van der Waals surface area contributed by atoms with E-state index in [1.54, 1.807) is 25.7 Å². The molecule has 0 saturated carbocycles. The molecule has 0 saturated heterocycles. The second-order valence-corrected chi connectivity index (χ2v) is 5.72. The molecule has 22 heavy (non-hydrogen) atoms. The number of nitrogens with zero attached hydrogens (tertiary/aromatic N) is 1. The number of anilines is 2. The normalized spacial score (nSPS) is 10.4. The number of ether oxygens (including phenoxy) is 2. The lowest BCUT2D eigenvalue weighted by Crippen LogP contribution is -2.30. The van der Waals surface area contributed by atoms with Gasteiger partial charge in [0, 0.05) is 23.2 Å². The maximum absolute atomic E-state index is 11.9. The smallest absolute Gasteiger partial charge is 0.271 e. The van der Waals surface area contributed by atoms with Crippen molar-refractivity contribution in [1.29, 1.82) is 0 Å². The maximum Gasteiger partial charge on any atom is 0.271 e. The third-order valence-electron chi connectivity index (χ3n) is 2.79. The highest BCUT2D eigenvalue weighted by Gasteiger charge is 2.12. The Morgan fingerprint density at radius 1 is 1.23 bits per heavy atom. The van der Waals surface area contributed by atoms with E-state index >= 15 is 0 Å². The number of amides is 1. The molecule has 2 N–H and O–H groups in total. The fourth-order valence-electron chi connectivity index (χ4n) is 1.81. The maximum atomic E-state index is 11.9. The number of aromatic nitrogens is 1. The van der Waals surface area contributed by atoms with Gasteiger partial charge in [-0.25, -0.2) is 4.98 Å². The van der Waals surface area contributed by atoms with Gasteiger partial charge in [0.25, 0.3) is 5.91 Å². The fraction of sp³-hybridized carbons (Fsp3) is 0.333. The van der Waals surface area contributed by atoms with Crippen molar-refractivity contribution in [2.24, 2.45) is 0 Å². The Hall–Kier alpha value is -2.28. The number of carbonyl (C=O) groups is 1. The Morgan fingerprint density at radius 2 is 1.95 bits per heavy atom. The number of rotatable bonds is 6. The third-order valence-corrected chi connectivity index (χ3v) is 3.55. The molecule has 1 aromatic carbocycles. The monoisotopic (exact) mass is 321 g/mol. The SMILES string of the molecule is COc1ccc(Nc2nc(C(=O)NC(C)C)cs2)cc1OC. The van der Waals surface area contributed by atoms with E-state index in [1.807, 2.05) is 26.0 Å². The summed E-state index contributed by atoms with van der Waals surface area (Å²) in [6.07, 6.45) is 0. The molecule has 0 unspecified atom stereocenters. The summed E-state index contributed by atoms with van der Waals surface area (Å²) in [7, 11) is 3.17. The molecule has 0 aliphatic heterocycles. The summed E-state index contributed by atoms with van der Waals surface area (Å²) < 4.78 is 10.5. The second kappa shape index (κ2) is 7.13. The van der Waals surface area contributed by atoms with Gasteiger partial charge in [-0.1, -0.05) is 0 Å². The van der Waals surface area contributed by atoms with Gasteiger partial charge >= 0.3 is 0 Å². The predicted molar refractivity (Wildman–Crippen MR) is 87.5 cm³/mol. The van der Waals surface area contributed by atoms with Crippen LogP contribution in [-0.2, 0) is 0 Å². The van der Waals surface area contributed by atoms with E-state index in [1.165, 1.54) is 11.3 Å². The van der Waals surface area contributed by atoms with Crippen LogP contribution in [0.25, 0.3) is 0 Å². The fourth-order valence-corrected chi connectivity index (χ4v) is 2.52. The van der Waals surface area contributed by atoms with E-state index in [2.05, 4.69) is 15.6 Å². The van der Waals surface area contributed by atoms with E-state index < -0.39 is 0 Å². The number of nitrogens with one attached hydrogen (secondary N) is 2. The number of hydrogen-bond acceptors (Lipinski definition) is 6. The molecule has 0 radical (unpaired) electrons. The van der Waals surface area contributed by atoms with Crippen LogP contribution in [0.2, 0.25) is 0 Å². The highest BCUT2D eigenvalue weighted by Crippen LogP contribution is 2.31. The van der Waals surface area contributed by atoms with E-state index in [0.29, 0.717) is 22.3 Å². The average Bonchev–Trinajstić information content (AvgIpc) is 2.95. The molecule has 0 fully saturated rings. The first-order chi connectivity index (χ1) is 10.5. The van der Waals surface area contributed by atoms with Gasteiger partial charge in [0.15, 0.2) is 16.6 Å². The number of hydrogen-bond donors (Lipinski definition) is 2. The molecule has 0 aliphatic carbocycles. The van der Waals surface area contributed by atoms with Gasteiger partial charge in [-0.3, -0.25) is 4.79 Å². The van der Waals surface area contributed by atoms with Crippen molar-refractivity contribution in [1.82, 2.24) is 10.3 Å². The van der Waals surface area contributed by atoms with Crippen LogP contribution in [0.4, 0.5) is 10.8 Å². The van der Waals surface area contributed by atoms with Crippen molar-refractivity contribution in [3.05, 3.63) is 29.3 Å². The number of thiazole rings is 1. The summed E-state index contributed by atoms with van der Waals surface area (Å²) in [5.41, 5.74) is 1.21. The quantitative estimate of drug-likeness (QED) is 0.855. The molecule has 118 valence electrons. The Kier molecular flexibility index (Phi) is 5.21. The summed E-state index contributed by atoms with van der Waals surface area (Å²) in [6.45, 7) is 3.82. The highest BCUT2D eigenvalue weighted by atomic mass is 32.1. The van der Waals surface area contributed by atoms with Gasteiger partial charge in [0.05, 0.1) is 14.2 Å². The molecular weight excluding hydrogens is 302 g/mol. The molecule has 1 heterocycles. The Labute approximate surface area is 133 Å². The molecule has 2 aromatic rings. The van der Waals surface area contributed by atoms with Crippen molar-refractivity contribution >= 4 is 28.1 Å². The Bertz CT molecular complexity index is 655. The number of methoxy groups -OCH3 is 2. The molecular formula is C15H19N3O3S. The third kappa shape index (κ3) is 3.88. The summed E-state index contributed by atoms with van der Waals surface area (Å²) in [5, 5.41) is 8.32. The van der Waals surface area contributed by atoms with E-state index in [4.69, 9.17) is 9.47 Å². The van der Waals surface area contributed by atoms with Crippen LogP contribution in [0.1, 0.15) is 24.3 Å². The number of carbonyl (C=O) groups excluding carboxylic acids is 1. The molecule has 7 heteroatoms. The molecule has 2 rings (SSSR count). The van der Waals surface area contributed by atoms with Crippen LogP contribution in [0.5, 0.6) is 11.5 Å². The first-order valence-corrected chi connectivity index (χ1v) is 7.67. The first kappa shape index (κ1) is 16.1. The van der Waals surface area contributed by atoms with Gasteiger partial charge in [-0.2, -0.15) is 0 Å². The van der Waals surface area contributed by atoms with Crippen LogP contribution in [-0.4, -0.2) is 31.2 Å².